The second-order valence-corrected chi connectivity index (χ2v) is 6.71. The van der Waals surface area contributed by atoms with Crippen LogP contribution in [0.4, 0.5) is 0 Å². The van der Waals surface area contributed by atoms with Gasteiger partial charge in [0.1, 0.15) is 11.5 Å². The van der Waals surface area contributed by atoms with E-state index in [4.69, 9.17) is 9.47 Å². The van der Waals surface area contributed by atoms with E-state index >= 15 is 0 Å². The summed E-state index contributed by atoms with van der Waals surface area (Å²) in [5.74, 6) is 1.90. The van der Waals surface area contributed by atoms with Gasteiger partial charge in [0, 0.05) is 10.9 Å². The highest BCUT2D eigenvalue weighted by Gasteiger charge is 2.18. The zero-order valence-electron chi connectivity index (χ0n) is 11.7. The van der Waals surface area contributed by atoms with Gasteiger partial charge in [-0.3, -0.25) is 0 Å². The molecular formula is C17H16Br2O2. The number of benzene rings is 2. The molecule has 0 aliphatic carbocycles. The molecule has 21 heavy (non-hydrogen) atoms. The van der Waals surface area contributed by atoms with Gasteiger partial charge in [0.05, 0.1) is 18.0 Å². The topological polar surface area (TPSA) is 18.5 Å². The number of ether oxygens (including phenoxy) is 2. The molecule has 0 saturated carbocycles. The summed E-state index contributed by atoms with van der Waals surface area (Å²) in [6.07, 6.45) is 0.993. The van der Waals surface area contributed by atoms with Crippen LogP contribution in [0.3, 0.4) is 0 Å². The summed E-state index contributed by atoms with van der Waals surface area (Å²) in [6, 6.07) is 12.5. The van der Waals surface area contributed by atoms with E-state index in [1.54, 1.807) is 0 Å². The van der Waals surface area contributed by atoms with Crippen LogP contribution in [0.15, 0.2) is 40.9 Å². The zero-order chi connectivity index (χ0) is 14.8. The molecule has 0 fully saturated rings. The third-order valence-corrected chi connectivity index (χ3v) is 5.27. The minimum atomic E-state index is 0.147. The Hall–Kier alpha value is -1.00. The maximum absolute atomic E-state index is 5.56. The Morgan fingerprint density at radius 2 is 2.10 bits per heavy atom. The van der Waals surface area contributed by atoms with Gasteiger partial charge in [-0.1, -0.05) is 50.1 Å². The second kappa shape index (κ2) is 6.41. The number of alkyl halides is 1. The molecule has 2 aromatic rings. The van der Waals surface area contributed by atoms with Crippen LogP contribution in [0.1, 0.15) is 28.4 Å². The van der Waals surface area contributed by atoms with Crippen LogP contribution < -0.4 is 9.47 Å². The number of fused-ring (bicyclic) bond motifs is 1. The van der Waals surface area contributed by atoms with Gasteiger partial charge in [-0.15, -0.1) is 0 Å². The van der Waals surface area contributed by atoms with Gasteiger partial charge in [0.15, 0.2) is 0 Å². The van der Waals surface area contributed by atoms with Crippen molar-refractivity contribution in [1.29, 1.82) is 0 Å². The Kier molecular flexibility index (Phi) is 4.55. The molecular weight excluding hydrogens is 396 g/mol. The maximum atomic E-state index is 5.56. The van der Waals surface area contributed by atoms with Gasteiger partial charge in [-0.25, -0.2) is 0 Å². The van der Waals surface area contributed by atoms with Crippen molar-refractivity contribution in [3.8, 4) is 11.5 Å². The van der Waals surface area contributed by atoms with Crippen LogP contribution in [0.25, 0.3) is 0 Å². The normalized spacial score (nSPS) is 14.4. The van der Waals surface area contributed by atoms with Crippen molar-refractivity contribution in [2.45, 2.75) is 18.2 Å². The van der Waals surface area contributed by atoms with E-state index in [0.717, 1.165) is 29.0 Å². The molecule has 1 heterocycles. The minimum Gasteiger partial charge on any atom is -0.494 e. The highest BCUT2D eigenvalue weighted by molar-refractivity contribution is 9.11. The molecule has 0 spiro atoms. The smallest absolute Gasteiger partial charge is 0.122 e. The average Bonchev–Trinajstić information content (AvgIpc) is 2.94. The molecule has 4 heteroatoms. The molecule has 0 radical (unpaired) electrons. The van der Waals surface area contributed by atoms with Crippen molar-refractivity contribution in [2.24, 2.45) is 0 Å². The lowest BCUT2D eigenvalue weighted by molar-refractivity contribution is 0.340. The Labute approximate surface area is 141 Å². The van der Waals surface area contributed by atoms with Crippen molar-refractivity contribution in [3.05, 3.63) is 57.6 Å². The van der Waals surface area contributed by atoms with Crippen molar-refractivity contribution in [3.63, 3.8) is 0 Å². The Bertz CT molecular complexity index is 655. The first kappa shape index (κ1) is 14.9. The number of halogens is 2. The Morgan fingerprint density at radius 1 is 1.24 bits per heavy atom. The van der Waals surface area contributed by atoms with E-state index in [1.807, 2.05) is 19.1 Å². The zero-order valence-corrected chi connectivity index (χ0v) is 14.9. The molecule has 0 aromatic heterocycles. The predicted molar refractivity (Wildman–Crippen MR) is 91.7 cm³/mol. The van der Waals surface area contributed by atoms with Crippen LogP contribution in [0, 0.1) is 0 Å². The van der Waals surface area contributed by atoms with Crippen molar-refractivity contribution >= 4 is 31.9 Å². The lowest BCUT2D eigenvalue weighted by atomic mass is 10.0. The summed E-state index contributed by atoms with van der Waals surface area (Å²) in [7, 11) is 0. The predicted octanol–water partition coefficient (Wildman–Crippen LogP) is 5.27. The molecule has 2 aromatic carbocycles. The molecule has 0 bridgehead atoms. The summed E-state index contributed by atoms with van der Waals surface area (Å²) < 4.78 is 12.1. The number of hydrogen-bond acceptors (Lipinski definition) is 2. The molecule has 110 valence electrons. The van der Waals surface area contributed by atoms with Gasteiger partial charge in [-0.2, -0.15) is 0 Å². The SMILES string of the molecule is CCOc1ccc(C(Br)c2ccc3c(c2)CCO3)c(Br)c1. The molecule has 1 atom stereocenters. The van der Waals surface area contributed by atoms with Crippen LogP contribution in [0.5, 0.6) is 11.5 Å². The van der Waals surface area contributed by atoms with E-state index in [1.165, 1.54) is 16.7 Å². The third kappa shape index (κ3) is 3.11. The fraction of sp³-hybridized carbons (Fsp3) is 0.294. The highest BCUT2D eigenvalue weighted by atomic mass is 79.9. The molecule has 1 aliphatic rings. The summed E-state index contributed by atoms with van der Waals surface area (Å²) >= 11 is 7.45. The maximum Gasteiger partial charge on any atom is 0.122 e. The van der Waals surface area contributed by atoms with E-state index < -0.39 is 0 Å². The average molecular weight is 412 g/mol. The minimum absolute atomic E-state index is 0.147. The van der Waals surface area contributed by atoms with Crippen LogP contribution >= 0.6 is 31.9 Å². The fourth-order valence-corrected chi connectivity index (χ4v) is 4.09. The first-order valence-electron chi connectivity index (χ1n) is 7.01. The molecule has 0 amide bonds. The summed E-state index contributed by atoms with van der Waals surface area (Å²) in [6.45, 7) is 3.45. The van der Waals surface area contributed by atoms with Gasteiger partial charge in [0.2, 0.25) is 0 Å². The number of hydrogen-bond donors (Lipinski definition) is 0. The third-order valence-electron chi connectivity index (χ3n) is 3.56. The van der Waals surface area contributed by atoms with Gasteiger partial charge >= 0.3 is 0 Å². The van der Waals surface area contributed by atoms with E-state index in [-0.39, 0.29) is 4.83 Å². The molecule has 0 N–H and O–H groups in total. The molecule has 1 aliphatic heterocycles. The van der Waals surface area contributed by atoms with E-state index in [9.17, 15) is 0 Å². The van der Waals surface area contributed by atoms with E-state index in [0.29, 0.717) is 6.61 Å². The molecule has 2 nitrogen and oxygen atoms in total. The van der Waals surface area contributed by atoms with Crippen molar-refractivity contribution < 1.29 is 9.47 Å². The summed E-state index contributed by atoms with van der Waals surface area (Å²) in [5, 5.41) is 0. The highest BCUT2D eigenvalue weighted by Crippen LogP contribution is 2.39. The Balaban J connectivity index is 1.89. The summed E-state index contributed by atoms with van der Waals surface area (Å²) in [4.78, 5) is 0.147. The molecule has 0 saturated heterocycles. The Morgan fingerprint density at radius 3 is 2.86 bits per heavy atom. The monoisotopic (exact) mass is 410 g/mol. The fourth-order valence-electron chi connectivity index (χ4n) is 2.51. The van der Waals surface area contributed by atoms with Gasteiger partial charge < -0.3 is 9.47 Å². The quantitative estimate of drug-likeness (QED) is 0.638. The number of rotatable bonds is 4. The van der Waals surface area contributed by atoms with Gasteiger partial charge in [0.25, 0.3) is 0 Å². The second-order valence-electron chi connectivity index (χ2n) is 4.94. The lowest BCUT2D eigenvalue weighted by Crippen LogP contribution is -1.97. The molecule has 1 unspecified atom stereocenters. The standard InChI is InChI=1S/C17H16Br2O2/c1-2-20-13-4-5-14(15(18)10-13)17(19)12-3-6-16-11(9-12)7-8-21-16/h3-6,9-10,17H,2,7-8H2,1H3. The van der Waals surface area contributed by atoms with Gasteiger partial charge in [-0.05, 0) is 41.8 Å². The van der Waals surface area contributed by atoms with Crippen molar-refractivity contribution in [2.75, 3.05) is 13.2 Å². The van der Waals surface area contributed by atoms with Crippen LogP contribution in [-0.2, 0) is 6.42 Å². The molecule has 3 rings (SSSR count). The largest absolute Gasteiger partial charge is 0.494 e. The first-order chi connectivity index (χ1) is 10.2. The van der Waals surface area contributed by atoms with Crippen molar-refractivity contribution in [1.82, 2.24) is 0 Å². The summed E-state index contributed by atoms with van der Waals surface area (Å²) in [5.41, 5.74) is 3.72. The first-order valence-corrected chi connectivity index (χ1v) is 8.72. The lowest BCUT2D eigenvalue weighted by Gasteiger charge is -2.15. The van der Waals surface area contributed by atoms with E-state index in [2.05, 4.69) is 56.1 Å². The van der Waals surface area contributed by atoms with Crippen LogP contribution in [-0.4, -0.2) is 13.2 Å². The van der Waals surface area contributed by atoms with Crippen LogP contribution in [0.2, 0.25) is 0 Å².